The number of amides is 1. The summed E-state index contributed by atoms with van der Waals surface area (Å²) in [4.78, 5) is 25.3. The molecule has 3 aromatic carbocycles. The molecule has 0 bridgehead atoms. The molecule has 220 valence electrons. The Morgan fingerprint density at radius 3 is 2.26 bits per heavy atom. The number of aliphatic hydroxyl groups excluding tert-OH is 2. The molecule has 0 aliphatic heterocycles. The monoisotopic (exact) mass is 579 g/mol. The number of rotatable bonds is 12. The second kappa shape index (κ2) is 13.5. The van der Waals surface area contributed by atoms with Crippen LogP contribution in [0.25, 0.3) is 22.4 Å². The summed E-state index contributed by atoms with van der Waals surface area (Å²) < 4.78 is 58.3. The number of nitrogens with one attached hydrogen (secondary N) is 1. The largest absolute Gasteiger partial charge is 0.506 e. The lowest BCUT2D eigenvalue weighted by Crippen LogP contribution is -2.22. The van der Waals surface area contributed by atoms with Gasteiger partial charge in [-0.3, -0.25) is 9.59 Å². The van der Waals surface area contributed by atoms with Crippen LogP contribution in [-0.2, 0) is 11.3 Å². The molecule has 9 heteroatoms. The summed E-state index contributed by atoms with van der Waals surface area (Å²) in [6.45, 7) is 3.52. The van der Waals surface area contributed by atoms with Gasteiger partial charge in [0.25, 0.3) is 5.91 Å². The molecule has 42 heavy (non-hydrogen) atoms. The number of nitrogens with zero attached hydrogens (tertiary/aromatic N) is 1. The Morgan fingerprint density at radius 1 is 0.976 bits per heavy atom. The molecule has 5 N–H and O–H groups in total. The summed E-state index contributed by atoms with van der Waals surface area (Å²) in [5.41, 5.74) is 0.545. The van der Waals surface area contributed by atoms with Crippen LogP contribution in [0, 0.1) is 5.82 Å². The van der Waals surface area contributed by atoms with E-state index in [1.807, 2.05) is 0 Å². The molecule has 2 atom stereocenters. The molecular weight excluding hydrogens is 539 g/mol. The first-order chi connectivity index (χ1) is 22.1. The van der Waals surface area contributed by atoms with Gasteiger partial charge >= 0.3 is 5.97 Å². The Morgan fingerprint density at radius 2 is 1.64 bits per heavy atom. The van der Waals surface area contributed by atoms with Gasteiger partial charge in [0, 0.05) is 17.8 Å². The van der Waals surface area contributed by atoms with Gasteiger partial charge in [0.2, 0.25) is 0 Å². The van der Waals surface area contributed by atoms with Crippen molar-refractivity contribution >= 4 is 17.6 Å². The van der Waals surface area contributed by atoms with Crippen molar-refractivity contribution in [2.45, 2.75) is 57.8 Å². The minimum atomic E-state index is -1.32. The Hall–Kier alpha value is -4.47. The lowest BCUT2D eigenvalue weighted by Gasteiger charge is -2.20. The van der Waals surface area contributed by atoms with E-state index in [0.717, 1.165) is 0 Å². The van der Waals surface area contributed by atoms with Crippen LogP contribution >= 0.6 is 0 Å². The van der Waals surface area contributed by atoms with E-state index in [1.165, 1.54) is 36.4 Å². The van der Waals surface area contributed by atoms with Crippen molar-refractivity contribution < 1.29 is 41.3 Å². The predicted octanol–water partition coefficient (Wildman–Crippen LogP) is 6.02. The van der Waals surface area contributed by atoms with Gasteiger partial charge in [0.05, 0.1) is 42.4 Å². The first-order valence-electron chi connectivity index (χ1n) is 15.9. The molecule has 0 aliphatic rings. The van der Waals surface area contributed by atoms with Crippen molar-refractivity contribution in [3.8, 4) is 28.1 Å². The van der Waals surface area contributed by atoms with Crippen LogP contribution in [0.5, 0.6) is 5.75 Å². The van der Waals surface area contributed by atoms with E-state index < -0.39 is 72.5 Å². The number of hydrogen-bond acceptors (Lipinski definition) is 5. The summed E-state index contributed by atoms with van der Waals surface area (Å²) in [7, 11) is 0. The molecule has 0 aliphatic carbocycles. The fourth-order valence-electron chi connectivity index (χ4n) is 4.98. The van der Waals surface area contributed by atoms with E-state index >= 15 is 0 Å². The number of aromatic nitrogens is 1. The molecule has 0 spiro atoms. The lowest BCUT2D eigenvalue weighted by atomic mass is 9.94. The fourth-order valence-corrected chi connectivity index (χ4v) is 4.98. The molecule has 8 nitrogen and oxygen atoms in total. The minimum Gasteiger partial charge on any atom is -0.506 e. The molecule has 0 unspecified atom stereocenters. The van der Waals surface area contributed by atoms with Gasteiger partial charge < -0.3 is 30.3 Å². The van der Waals surface area contributed by atoms with Crippen LogP contribution in [0.2, 0.25) is 0 Å². The maximum Gasteiger partial charge on any atom is 0.305 e. The van der Waals surface area contributed by atoms with Crippen LogP contribution in [0.15, 0.2) is 78.7 Å². The number of carboxylic acids is 1. The molecule has 0 saturated carbocycles. The van der Waals surface area contributed by atoms with Gasteiger partial charge in [-0.25, -0.2) is 4.39 Å². The normalized spacial score (nSPS) is 14.4. The van der Waals surface area contributed by atoms with Gasteiger partial charge in [-0.15, -0.1) is 0 Å². The number of carbonyl (C=O) groups excluding carboxylic acids is 1. The van der Waals surface area contributed by atoms with E-state index in [4.69, 9.17) is 12.0 Å². The van der Waals surface area contributed by atoms with Crippen LogP contribution in [0.3, 0.4) is 0 Å². The van der Waals surface area contributed by atoms with Crippen molar-refractivity contribution in [3.05, 3.63) is 95.8 Å². The van der Waals surface area contributed by atoms with Crippen LogP contribution in [0.4, 0.5) is 10.1 Å². The SMILES string of the molecule is [2H]c1c([2H])c([2H])c(-c2c(C(=O)Nc3ccccc3O)c(C(C)C)n(CC[C@H](O)C[C@@H](O)CC(=O)O)c2-c2ccc(F)cc2)c([2H])c1[2H]. The first kappa shape index (κ1) is 24.2. The molecule has 4 aromatic rings. The topological polar surface area (TPSA) is 132 Å². The predicted molar refractivity (Wildman–Crippen MR) is 159 cm³/mol. The van der Waals surface area contributed by atoms with Gasteiger partial charge in [0.1, 0.15) is 11.6 Å². The molecule has 0 saturated heterocycles. The smallest absolute Gasteiger partial charge is 0.305 e. The zero-order chi connectivity index (χ0) is 34.7. The van der Waals surface area contributed by atoms with Gasteiger partial charge in [0.15, 0.2) is 0 Å². The Balaban J connectivity index is 2.07. The van der Waals surface area contributed by atoms with Gasteiger partial charge in [-0.05, 0) is 66.3 Å². The summed E-state index contributed by atoms with van der Waals surface area (Å²) >= 11 is 0. The summed E-state index contributed by atoms with van der Waals surface area (Å²) in [5.74, 6) is -3.26. The van der Waals surface area contributed by atoms with E-state index in [1.54, 1.807) is 30.5 Å². The van der Waals surface area contributed by atoms with Crippen molar-refractivity contribution in [3.63, 3.8) is 0 Å². The quantitative estimate of drug-likeness (QED) is 0.130. The van der Waals surface area contributed by atoms with Crippen LogP contribution < -0.4 is 5.32 Å². The molecule has 0 radical (unpaired) electrons. The third-order valence-corrected chi connectivity index (χ3v) is 6.74. The second-order valence-electron chi connectivity index (χ2n) is 10.2. The number of anilines is 1. The summed E-state index contributed by atoms with van der Waals surface area (Å²) in [6, 6.07) is 8.07. The highest BCUT2D eigenvalue weighted by Gasteiger charge is 2.31. The van der Waals surface area contributed by atoms with E-state index in [0.29, 0.717) is 11.3 Å². The Kier molecular flexibility index (Phi) is 7.74. The average molecular weight is 580 g/mol. The number of phenols is 1. The first-order valence-corrected chi connectivity index (χ1v) is 13.4. The number of hydrogen-bond donors (Lipinski definition) is 5. The Bertz CT molecular complexity index is 1780. The average Bonchev–Trinajstić information content (AvgIpc) is 3.34. The third kappa shape index (κ3) is 7.05. The highest BCUT2D eigenvalue weighted by molar-refractivity contribution is 6.13. The maximum absolute atomic E-state index is 14.3. The zero-order valence-corrected chi connectivity index (χ0v) is 23.1. The number of carbonyl (C=O) groups is 2. The minimum absolute atomic E-state index is 0.0310. The number of halogens is 1. The maximum atomic E-state index is 14.3. The van der Waals surface area contributed by atoms with E-state index in [-0.39, 0.29) is 53.2 Å². The van der Waals surface area contributed by atoms with E-state index in [9.17, 15) is 29.3 Å². The number of para-hydroxylation sites is 2. The number of aromatic hydroxyl groups is 1. The molecule has 1 aromatic heterocycles. The lowest BCUT2D eigenvalue weighted by molar-refractivity contribution is -0.139. The Labute approximate surface area is 250 Å². The fraction of sp³-hybridized carbons (Fsp3) is 0.273. The zero-order valence-electron chi connectivity index (χ0n) is 28.1. The summed E-state index contributed by atoms with van der Waals surface area (Å²) in [5, 5.41) is 43.0. The van der Waals surface area contributed by atoms with Gasteiger partial charge in [-0.2, -0.15) is 0 Å². The highest BCUT2D eigenvalue weighted by atomic mass is 19.1. The molecule has 1 amide bonds. The van der Waals surface area contributed by atoms with E-state index in [2.05, 4.69) is 5.32 Å². The number of carboxylic acid groups (broad SMARTS) is 1. The second-order valence-corrected chi connectivity index (χ2v) is 10.2. The molecule has 4 rings (SSSR count). The standard InChI is InChI=1S/C33H35FN2O6/c1-20(2)31-30(33(42)35-26-10-6-7-11-27(26)39)29(21-8-4-3-5-9-21)32(22-12-14-23(34)15-13-22)36(31)17-16-24(37)18-25(38)19-28(40)41/h3-15,20,24-25,37-39H,16-19H2,1-2H3,(H,35,42)(H,40,41)/t24-,25+/m0/s1/i3D,4D,5D,8D,9D. The molecular formula is C33H35FN2O6. The third-order valence-electron chi connectivity index (χ3n) is 6.74. The number of aliphatic hydroxyl groups is 2. The van der Waals surface area contributed by atoms with Crippen molar-refractivity contribution in [2.75, 3.05) is 5.32 Å². The van der Waals surface area contributed by atoms with Crippen LogP contribution in [0.1, 0.15) is 61.9 Å². The molecule has 0 fully saturated rings. The number of benzene rings is 3. The summed E-state index contributed by atoms with van der Waals surface area (Å²) in [6.07, 6.45) is -3.38. The van der Waals surface area contributed by atoms with Gasteiger partial charge in [-0.1, -0.05) is 56.2 Å². The number of phenolic OH excluding ortho intramolecular Hbond substituents is 1. The number of aliphatic carboxylic acids is 1. The van der Waals surface area contributed by atoms with Crippen molar-refractivity contribution in [1.82, 2.24) is 4.57 Å². The van der Waals surface area contributed by atoms with Crippen molar-refractivity contribution in [1.29, 1.82) is 0 Å². The van der Waals surface area contributed by atoms with Crippen LogP contribution in [-0.4, -0.2) is 49.1 Å². The highest BCUT2D eigenvalue weighted by Crippen LogP contribution is 2.43. The molecule has 1 heterocycles. The van der Waals surface area contributed by atoms with Crippen molar-refractivity contribution in [2.24, 2.45) is 0 Å².